The first-order chi connectivity index (χ1) is 9.20. The summed E-state index contributed by atoms with van der Waals surface area (Å²) in [5, 5.41) is 3.62. The lowest BCUT2D eigenvalue weighted by atomic mass is 9.98. The van der Waals surface area contributed by atoms with E-state index in [4.69, 9.17) is 11.6 Å². The van der Waals surface area contributed by atoms with Crippen LogP contribution in [0.3, 0.4) is 0 Å². The molecule has 1 fully saturated rings. The SMILES string of the molecule is C=CCNC(=O)CN1CC[C@H](c2ccccc2Cl)C1. The number of hydrogen-bond donors (Lipinski definition) is 1. The molecular weight excluding hydrogens is 260 g/mol. The highest BCUT2D eigenvalue weighted by atomic mass is 35.5. The molecule has 19 heavy (non-hydrogen) atoms. The Labute approximate surface area is 119 Å². The van der Waals surface area contributed by atoms with Crippen molar-refractivity contribution < 1.29 is 4.79 Å². The molecular formula is C15H19ClN2O. The van der Waals surface area contributed by atoms with Gasteiger partial charge in [-0.1, -0.05) is 35.9 Å². The van der Waals surface area contributed by atoms with E-state index in [2.05, 4.69) is 22.9 Å². The van der Waals surface area contributed by atoms with Crippen molar-refractivity contribution in [3.8, 4) is 0 Å². The largest absolute Gasteiger partial charge is 0.352 e. The van der Waals surface area contributed by atoms with Crippen LogP contribution in [-0.2, 0) is 4.79 Å². The Morgan fingerprint density at radius 2 is 2.32 bits per heavy atom. The third-order valence-corrected chi connectivity index (χ3v) is 3.77. The summed E-state index contributed by atoms with van der Waals surface area (Å²) in [6, 6.07) is 7.96. The molecule has 3 nitrogen and oxygen atoms in total. The highest BCUT2D eigenvalue weighted by molar-refractivity contribution is 6.31. The van der Waals surface area contributed by atoms with Gasteiger partial charge < -0.3 is 5.32 Å². The Balaban J connectivity index is 1.88. The summed E-state index contributed by atoms with van der Waals surface area (Å²) < 4.78 is 0. The van der Waals surface area contributed by atoms with Gasteiger partial charge in [-0.15, -0.1) is 6.58 Å². The molecule has 1 heterocycles. The average molecular weight is 279 g/mol. The van der Waals surface area contributed by atoms with Gasteiger partial charge in [-0.25, -0.2) is 0 Å². The third kappa shape index (κ3) is 3.82. The van der Waals surface area contributed by atoms with Gasteiger partial charge in [-0.2, -0.15) is 0 Å². The van der Waals surface area contributed by atoms with Gasteiger partial charge in [0.25, 0.3) is 0 Å². The molecule has 2 rings (SSSR count). The Kier molecular flexibility index (Phi) is 5.00. The van der Waals surface area contributed by atoms with Gasteiger partial charge in [0.15, 0.2) is 0 Å². The van der Waals surface area contributed by atoms with Crippen molar-refractivity contribution in [1.29, 1.82) is 0 Å². The molecule has 102 valence electrons. The minimum Gasteiger partial charge on any atom is -0.352 e. The Morgan fingerprint density at radius 3 is 3.05 bits per heavy atom. The standard InChI is InChI=1S/C15H19ClN2O/c1-2-8-17-15(19)11-18-9-7-12(10-18)13-5-3-4-6-14(13)16/h2-6,12H,1,7-11H2,(H,17,19)/t12-/m0/s1. The Hall–Kier alpha value is -1.32. The van der Waals surface area contributed by atoms with E-state index in [0.717, 1.165) is 24.5 Å². The molecule has 0 unspecified atom stereocenters. The van der Waals surface area contributed by atoms with Crippen LogP contribution in [-0.4, -0.2) is 37.0 Å². The van der Waals surface area contributed by atoms with Crippen LogP contribution in [0.4, 0.5) is 0 Å². The van der Waals surface area contributed by atoms with Crippen molar-refractivity contribution in [2.24, 2.45) is 0 Å². The van der Waals surface area contributed by atoms with Gasteiger partial charge in [0.2, 0.25) is 5.91 Å². The lowest BCUT2D eigenvalue weighted by molar-refractivity contribution is -0.121. The summed E-state index contributed by atoms with van der Waals surface area (Å²) in [4.78, 5) is 13.8. The first-order valence-electron chi connectivity index (χ1n) is 6.55. The smallest absolute Gasteiger partial charge is 0.234 e. The molecule has 0 radical (unpaired) electrons. The van der Waals surface area contributed by atoms with E-state index < -0.39 is 0 Å². The monoisotopic (exact) mass is 278 g/mol. The van der Waals surface area contributed by atoms with E-state index in [1.54, 1.807) is 6.08 Å². The Bertz CT molecular complexity index is 461. The van der Waals surface area contributed by atoms with Crippen LogP contribution in [0.25, 0.3) is 0 Å². The van der Waals surface area contributed by atoms with Crippen LogP contribution in [0.5, 0.6) is 0 Å². The van der Waals surface area contributed by atoms with E-state index in [1.165, 1.54) is 5.56 Å². The van der Waals surface area contributed by atoms with Gasteiger partial charge in [-0.3, -0.25) is 9.69 Å². The molecule has 0 bridgehead atoms. The fourth-order valence-corrected chi connectivity index (χ4v) is 2.77. The number of nitrogens with one attached hydrogen (secondary N) is 1. The summed E-state index contributed by atoms with van der Waals surface area (Å²) in [6.07, 6.45) is 2.74. The maximum Gasteiger partial charge on any atom is 0.234 e. The number of benzene rings is 1. The number of carbonyl (C=O) groups is 1. The van der Waals surface area contributed by atoms with Crippen LogP contribution in [0.2, 0.25) is 5.02 Å². The molecule has 0 aliphatic carbocycles. The maximum atomic E-state index is 11.6. The van der Waals surface area contributed by atoms with E-state index in [9.17, 15) is 4.79 Å². The molecule has 0 saturated carbocycles. The second kappa shape index (κ2) is 6.73. The number of likely N-dealkylation sites (tertiary alicyclic amines) is 1. The van der Waals surface area contributed by atoms with Crippen LogP contribution in [0.1, 0.15) is 17.9 Å². The molecule has 0 aromatic heterocycles. The van der Waals surface area contributed by atoms with Gasteiger partial charge in [0, 0.05) is 18.1 Å². The number of amides is 1. The van der Waals surface area contributed by atoms with Crippen molar-refractivity contribution in [2.45, 2.75) is 12.3 Å². The highest BCUT2D eigenvalue weighted by Crippen LogP contribution is 2.31. The van der Waals surface area contributed by atoms with E-state index in [-0.39, 0.29) is 5.91 Å². The van der Waals surface area contributed by atoms with Gasteiger partial charge in [0.1, 0.15) is 0 Å². The van der Waals surface area contributed by atoms with Crippen LogP contribution in [0, 0.1) is 0 Å². The second-order valence-electron chi connectivity index (χ2n) is 4.83. The number of rotatable bonds is 5. The van der Waals surface area contributed by atoms with Crippen molar-refractivity contribution in [3.63, 3.8) is 0 Å². The van der Waals surface area contributed by atoms with Gasteiger partial charge >= 0.3 is 0 Å². The number of hydrogen-bond acceptors (Lipinski definition) is 2. The molecule has 1 saturated heterocycles. The molecule has 1 N–H and O–H groups in total. The van der Waals surface area contributed by atoms with Crippen molar-refractivity contribution >= 4 is 17.5 Å². The number of nitrogens with zero attached hydrogens (tertiary/aromatic N) is 1. The molecule has 1 atom stereocenters. The fraction of sp³-hybridized carbons (Fsp3) is 0.400. The van der Waals surface area contributed by atoms with Crippen molar-refractivity contribution in [3.05, 3.63) is 47.5 Å². The predicted molar refractivity (Wildman–Crippen MR) is 78.5 cm³/mol. The van der Waals surface area contributed by atoms with E-state index >= 15 is 0 Å². The summed E-state index contributed by atoms with van der Waals surface area (Å²) in [5.41, 5.74) is 1.19. The molecule has 0 spiro atoms. The summed E-state index contributed by atoms with van der Waals surface area (Å²) in [6.45, 7) is 6.40. The molecule has 1 aliphatic rings. The number of carbonyl (C=O) groups excluding carboxylic acids is 1. The second-order valence-corrected chi connectivity index (χ2v) is 5.24. The lowest BCUT2D eigenvalue weighted by Crippen LogP contribution is -2.36. The molecule has 1 aromatic carbocycles. The lowest BCUT2D eigenvalue weighted by Gasteiger charge is -2.16. The van der Waals surface area contributed by atoms with E-state index in [1.807, 2.05) is 18.2 Å². The van der Waals surface area contributed by atoms with Gasteiger partial charge in [-0.05, 0) is 30.5 Å². The zero-order chi connectivity index (χ0) is 13.7. The highest BCUT2D eigenvalue weighted by Gasteiger charge is 2.26. The molecule has 1 amide bonds. The van der Waals surface area contributed by atoms with Crippen LogP contribution < -0.4 is 5.32 Å². The number of halogens is 1. The van der Waals surface area contributed by atoms with E-state index in [0.29, 0.717) is 19.0 Å². The third-order valence-electron chi connectivity index (χ3n) is 3.43. The minimum atomic E-state index is 0.0553. The normalized spacial score (nSPS) is 19.3. The van der Waals surface area contributed by atoms with Crippen molar-refractivity contribution in [1.82, 2.24) is 10.2 Å². The topological polar surface area (TPSA) is 32.3 Å². The first kappa shape index (κ1) is 14.1. The summed E-state index contributed by atoms with van der Waals surface area (Å²) >= 11 is 6.22. The average Bonchev–Trinajstić information content (AvgIpc) is 2.85. The van der Waals surface area contributed by atoms with Crippen LogP contribution in [0.15, 0.2) is 36.9 Å². The van der Waals surface area contributed by atoms with Crippen molar-refractivity contribution in [2.75, 3.05) is 26.2 Å². The first-order valence-corrected chi connectivity index (χ1v) is 6.93. The molecule has 1 aromatic rings. The molecule has 4 heteroatoms. The quantitative estimate of drug-likeness (QED) is 0.839. The zero-order valence-corrected chi connectivity index (χ0v) is 11.7. The zero-order valence-electron chi connectivity index (χ0n) is 10.9. The summed E-state index contributed by atoms with van der Waals surface area (Å²) in [5.74, 6) is 0.487. The van der Waals surface area contributed by atoms with Crippen LogP contribution >= 0.6 is 11.6 Å². The molecule has 1 aliphatic heterocycles. The fourth-order valence-electron chi connectivity index (χ4n) is 2.48. The van der Waals surface area contributed by atoms with Gasteiger partial charge in [0.05, 0.1) is 6.54 Å². The summed E-state index contributed by atoms with van der Waals surface area (Å²) in [7, 11) is 0. The maximum absolute atomic E-state index is 11.6. The minimum absolute atomic E-state index is 0.0553. The predicted octanol–water partition coefficient (Wildman–Crippen LogP) is 2.43. The Morgan fingerprint density at radius 1 is 1.53 bits per heavy atom.